The zero-order chi connectivity index (χ0) is 20.5. The van der Waals surface area contributed by atoms with Crippen molar-refractivity contribution in [3.63, 3.8) is 0 Å². The number of ether oxygens (including phenoxy) is 1. The van der Waals surface area contributed by atoms with Crippen molar-refractivity contribution in [1.29, 1.82) is 0 Å². The predicted octanol–water partition coefficient (Wildman–Crippen LogP) is 4.85. The molecule has 2 unspecified atom stereocenters. The Labute approximate surface area is 173 Å². The summed E-state index contributed by atoms with van der Waals surface area (Å²) in [6.45, 7) is 7.01. The van der Waals surface area contributed by atoms with E-state index in [0.717, 1.165) is 48.3 Å². The summed E-state index contributed by atoms with van der Waals surface area (Å²) in [6, 6.07) is 12.2. The minimum absolute atomic E-state index is 0.190. The molecule has 156 valence electrons. The topological polar surface area (TPSA) is 27.7 Å². The maximum Gasteiger partial charge on any atom is 0.133 e. The number of nitrogens with zero attached hydrogens (tertiary/aromatic N) is 2. The average molecular weight is 398 g/mol. The second-order valence-corrected chi connectivity index (χ2v) is 8.65. The lowest BCUT2D eigenvalue weighted by Crippen LogP contribution is -2.55. The molecular weight excluding hydrogens is 365 g/mol. The van der Waals surface area contributed by atoms with Gasteiger partial charge in [-0.2, -0.15) is 0 Å². The molecular formula is C24H32FN3O. The molecule has 4 rings (SSSR count). The first-order valence-corrected chi connectivity index (χ1v) is 10.7. The lowest BCUT2D eigenvalue weighted by molar-refractivity contribution is 0.170. The van der Waals surface area contributed by atoms with E-state index in [4.69, 9.17) is 4.74 Å². The number of hydrogen-bond acceptors (Lipinski definition) is 4. The summed E-state index contributed by atoms with van der Waals surface area (Å²) in [5, 5.41) is 3.28. The summed E-state index contributed by atoms with van der Waals surface area (Å²) in [6.07, 6.45) is 2.54. The smallest absolute Gasteiger partial charge is 0.133 e. The molecule has 2 atom stereocenters. The van der Waals surface area contributed by atoms with E-state index < -0.39 is 0 Å². The van der Waals surface area contributed by atoms with Gasteiger partial charge in [-0.25, -0.2) is 4.39 Å². The first-order chi connectivity index (χ1) is 14.0. The van der Waals surface area contributed by atoms with Crippen LogP contribution in [-0.2, 0) is 0 Å². The van der Waals surface area contributed by atoms with Crippen molar-refractivity contribution in [3.05, 3.63) is 42.2 Å². The number of piperazine rings is 1. The second-order valence-electron chi connectivity index (χ2n) is 8.65. The number of likely N-dealkylation sites (N-methyl/N-ethyl adjacent to an activating group) is 1. The molecule has 2 aromatic carbocycles. The molecule has 0 bridgehead atoms. The lowest BCUT2D eigenvalue weighted by Gasteiger charge is -2.44. The summed E-state index contributed by atoms with van der Waals surface area (Å²) >= 11 is 0. The third kappa shape index (κ3) is 4.35. The van der Waals surface area contributed by atoms with Crippen LogP contribution in [0.5, 0.6) is 5.75 Å². The molecule has 0 radical (unpaired) electrons. The highest BCUT2D eigenvalue weighted by Gasteiger charge is 2.28. The Bertz CT molecular complexity index is 838. The number of rotatable bonds is 6. The fraction of sp³-hybridized carbons (Fsp3) is 0.500. The minimum atomic E-state index is -0.190. The molecule has 1 aliphatic heterocycles. The molecule has 1 aliphatic carbocycles. The lowest BCUT2D eigenvalue weighted by atomic mass is 10.0. The molecule has 0 spiro atoms. The van der Waals surface area contributed by atoms with Crippen LogP contribution in [0.3, 0.4) is 0 Å². The van der Waals surface area contributed by atoms with E-state index >= 15 is 4.39 Å². The summed E-state index contributed by atoms with van der Waals surface area (Å²) in [4.78, 5) is 4.68. The van der Waals surface area contributed by atoms with Crippen LogP contribution in [0.2, 0.25) is 0 Å². The fourth-order valence-electron chi connectivity index (χ4n) is 4.08. The van der Waals surface area contributed by atoms with Gasteiger partial charge in [0, 0.05) is 37.8 Å². The van der Waals surface area contributed by atoms with Crippen molar-refractivity contribution in [2.75, 3.05) is 44.0 Å². The van der Waals surface area contributed by atoms with E-state index in [1.54, 1.807) is 6.07 Å². The van der Waals surface area contributed by atoms with Gasteiger partial charge >= 0.3 is 0 Å². The van der Waals surface area contributed by atoms with E-state index in [-0.39, 0.29) is 5.82 Å². The maximum atomic E-state index is 15.1. The molecule has 1 saturated carbocycles. The van der Waals surface area contributed by atoms with Crippen molar-refractivity contribution in [3.8, 4) is 16.9 Å². The Hall–Kier alpha value is -2.27. The Kier molecular flexibility index (Phi) is 5.68. The molecule has 1 N–H and O–H groups in total. The molecule has 2 fully saturated rings. The molecule has 2 aromatic rings. The van der Waals surface area contributed by atoms with Gasteiger partial charge in [0.25, 0.3) is 0 Å². The number of halogens is 1. The third-order valence-corrected chi connectivity index (χ3v) is 6.40. The molecule has 1 saturated heterocycles. The quantitative estimate of drug-likeness (QED) is 0.754. The van der Waals surface area contributed by atoms with Crippen LogP contribution in [0.25, 0.3) is 11.1 Å². The largest absolute Gasteiger partial charge is 0.493 e. The molecule has 2 aliphatic rings. The van der Waals surface area contributed by atoms with E-state index in [2.05, 4.69) is 36.0 Å². The highest BCUT2D eigenvalue weighted by Crippen LogP contribution is 2.36. The number of hydrogen-bond donors (Lipinski definition) is 1. The number of benzene rings is 2. The molecule has 0 aromatic heterocycles. The van der Waals surface area contributed by atoms with E-state index in [9.17, 15) is 0 Å². The van der Waals surface area contributed by atoms with Gasteiger partial charge in [-0.1, -0.05) is 12.1 Å². The van der Waals surface area contributed by atoms with Gasteiger partial charge in [-0.3, -0.25) is 4.90 Å². The highest BCUT2D eigenvalue weighted by atomic mass is 19.1. The van der Waals surface area contributed by atoms with Gasteiger partial charge < -0.3 is 15.0 Å². The molecule has 4 nitrogen and oxygen atoms in total. The van der Waals surface area contributed by atoms with Gasteiger partial charge in [0.1, 0.15) is 11.6 Å². The normalized spacial score (nSPS) is 22.6. The van der Waals surface area contributed by atoms with Crippen LogP contribution < -0.4 is 15.0 Å². The van der Waals surface area contributed by atoms with Gasteiger partial charge in [-0.05, 0) is 69.5 Å². The van der Waals surface area contributed by atoms with Crippen LogP contribution in [0.15, 0.2) is 36.4 Å². The van der Waals surface area contributed by atoms with Crippen LogP contribution >= 0.6 is 0 Å². The van der Waals surface area contributed by atoms with Crippen LogP contribution in [0, 0.1) is 11.7 Å². The van der Waals surface area contributed by atoms with Crippen molar-refractivity contribution in [1.82, 2.24) is 4.90 Å². The van der Waals surface area contributed by atoms with Crippen LogP contribution in [0.1, 0.15) is 26.7 Å². The molecule has 5 heteroatoms. The Balaban J connectivity index is 1.57. The number of anilines is 2. The first-order valence-electron chi connectivity index (χ1n) is 10.7. The van der Waals surface area contributed by atoms with Crippen molar-refractivity contribution in [2.45, 2.75) is 38.8 Å². The molecule has 1 heterocycles. The minimum Gasteiger partial charge on any atom is -0.493 e. The summed E-state index contributed by atoms with van der Waals surface area (Å²) < 4.78 is 21.0. The van der Waals surface area contributed by atoms with Crippen LogP contribution in [0.4, 0.5) is 15.8 Å². The van der Waals surface area contributed by atoms with Gasteiger partial charge in [-0.15, -0.1) is 0 Å². The predicted molar refractivity (Wildman–Crippen MR) is 119 cm³/mol. The third-order valence-electron chi connectivity index (χ3n) is 6.40. The second kappa shape index (κ2) is 8.23. The maximum absolute atomic E-state index is 15.1. The van der Waals surface area contributed by atoms with Gasteiger partial charge in [0.2, 0.25) is 0 Å². The van der Waals surface area contributed by atoms with E-state index in [1.807, 2.05) is 37.4 Å². The SMILES string of the molecule is CNc1cc(-c2ccc(OCC3CC3)cc2)c(F)cc1N1CC(C)N(C)C(C)C1. The van der Waals surface area contributed by atoms with Crippen molar-refractivity contribution >= 4 is 11.4 Å². The highest BCUT2D eigenvalue weighted by molar-refractivity contribution is 5.79. The molecule has 29 heavy (non-hydrogen) atoms. The van der Waals surface area contributed by atoms with Gasteiger partial charge in [0.15, 0.2) is 0 Å². The Morgan fingerprint density at radius 1 is 1.07 bits per heavy atom. The fourth-order valence-corrected chi connectivity index (χ4v) is 4.08. The average Bonchev–Trinajstić information content (AvgIpc) is 3.55. The summed E-state index contributed by atoms with van der Waals surface area (Å²) in [5.74, 6) is 1.38. The zero-order valence-electron chi connectivity index (χ0n) is 17.9. The standard InChI is InChI=1S/C24H32FN3O/c1-16-13-28(14-17(2)27(16)4)24-12-22(25)21(11-23(24)26-3)19-7-9-20(10-8-19)29-15-18-5-6-18/h7-12,16-18,26H,5-6,13-15H2,1-4H3. The summed E-state index contributed by atoms with van der Waals surface area (Å²) in [5.41, 5.74) is 3.37. The van der Waals surface area contributed by atoms with E-state index in [1.165, 1.54) is 12.8 Å². The zero-order valence-corrected chi connectivity index (χ0v) is 17.9. The van der Waals surface area contributed by atoms with Crippen LogP contribution in [-0.4, -0.2) is 50.8 Å². The first kappa shape index (κ1) is 20.0. The monoisotopic (exact) mass is 397 g/mol. The number of nitrogens with one attached hydrogen (secondary N) is 1. The van der Waals surface area contributed by atoms with Crippen molar-refractivity contribution < 1.29 is 9.13 Å². The van der Waals surface area contributed by atoms with E-state index in [0.29, 0.717) is 17.6 Å². The Morgan fingerprint density at radius 3 is 2.31 bits per heavy atom. The van der Waals surface area contributed by atoms with Gasteiger partial charge in [0.05, 0.1) is 18.0 Å². The Morgan fingerprint density at radius 2 is 1.72 bits per heavy atom. The molecule has 0 amide bonds. The summed E-state index contributed by atoms with van der Waals surface area (Å²) in [7, 11) is 4.06. The van der Waals surface area contributed by atoms with Crippen molar-refractivity contribution in [2.24, 2.45) is 5.92 Å².